The van der Waals surface area contributed by atoms with E-state index in [4.69, 9.17) is 4.74 Å². The van der Waals surface area contributed by atoms with Crippen molar-refractivity contribution in [2.75, 3.05) is 13.1 Å². The molecule has 2 nitrogen and oxygen atoms in total. The van der Waals surface area contributed by atoms with Crippen molar-refractivity contribution in [3.05, 3.63) is 29.3 Å². The van der Waals surface area contributed by atoms with Crippen molar-refractivity contribution in [2.24, 2.45) is 0 Å². The Balaban J connectivity index is 1.98. The average molecular weight is 203 g/mol. The van der Waals surface area contributed by atoms with Crippen LogP contribution in [0.4, 0.5) is 0 Å². The fourth-order valence-corrected chi connectivity index (χ4v) is 2.71. The van der Waals surface area contributed by atoms with Gasteiger partial charge in [0.1, 0.15) is 11.4 Å². The number of hydrogen-bond acceptors (Lipinski definition) is 2. The molecule has 1 aromatic carbocycles. The van der Waals surface area contributed by atoms with Gasteiger partial charge in [-0.25, -0.2) is 0 Å². The second kappa shape index (κ2) is 3.24. The topological polar surface area (TPSA) is 21.3 Å². The minimum atomic E-state index is 0.0963. The number of ether oxygens (including phenoxy) is 1. The van der Waals surface area contributed by atoms with Crippen LogP contribution in [0, 0.1) is 6.92 Å². The third-order valence-corrected chi connectivity index (χ3v) is 3.67. The third-order valence-electron chi connectivity index (χ3n) is 3.67. The van der Waals surface area contributed by atoms with Gasteiger partial charge in [0.05, 0.1) is 0 Å². The molecular weight excluding hydrogens is 186 g/mol. The zero-order valence-corrected chi connectivity index (χ0v) is 9.18. The molecule has 0 aliphatic carbocycles. The highest BCUT2D eigenvalue weighted by molar-refractivity contribution is 5.43. The first kappa shape index (κ1) is 9.22. The van der Waals surface area contributed by atoms with Crippen LogP contribution in [0.3, 0.4) is 0 Å². The van der Waals surface area contributed by atoms with Crippen molar-refractivity contribution in [1.82, 2.24) is 5.32 Å². The van der Waals surface area contributed by atoms with E-state index in [-0.39, 0.29) is 5.60 Å². The lowest BCUT2D eigenvalue weighted by atomic mass is 9.89. The van der Waals surface area contributed by atoms with E-state index in [9.17, 15) is 0 Å². The summed E-state index contributed by atoms with van der Waals surface area (Å²) in [6.45, 7) is 4.25. The van der Waals surface area contributed by atoms with Gasteiger partial charge in [0.15, 0.2) is 0 Å². The van der Waals surface area contributed by atoms with E-state index in [0.717, 1.165) is 31.7 Å². The Morgan fingerprint density at radius 1 is 1.33 bits per heavy atom. The van der Waals surface area contributed by atoms with Crippen molar-refractivity contribution in [3.8, 4) is 5.75 Å². The normalized spacial score (nSPS) is 28.9. The summed E-state index contributed by atoms with van der Waals surface area (Å²) in [7, 11) is 0. The number of nitrogens with one attached hydrogen (secondary N) is 1. The third kappa shape index (κ3) is 1.44. The van der Waals surface area contributed by atoms with Crippen LogP contribution < -0.4 is 10.1 Å². The van der Waals surface area contributed by atoms with Crippen molar-refractivity contribution < 1.29 is 4.74 Å². The van der Waals surface area contributed by atoms with Crippen LogP contribution in [-0.4, -0.2) is 18.7 Å². The minimum absolute atomic E-state index is 0.0963. The number of hydrogen-bond donors (Lipinski definition) is 1. The standard InChI is InChI=1S/C13H17NO/c1-10-3-2-4-11-5-6-13(15-12(10)11)7-8-14-9-13/h2-4,14H,5-9H2,1H3. The first-order valence-electron chi connectivity index (χ1n) is 5.77. The Kier molecular flexibility index (Phi) is 1.99. The number of rotatable bonds is 0. The smallest absolute Gasteiger partial charge is 0.126 e. The largest absolute Gasteiger partial charge is 0.485 e. The SMILES string of the molecule is Cc1cccc2c1OC1(CCNC1)CC2. The van der Waals surface area contributed by atoms with Crippen molar-refractivity contribution in [3.63, 3.8) is 0 Å². The molecule has 2 heterocycles. The Morgan fingerprint density at radius 2 is 2.27 bits per heavy atom. The highest BCUT2D eigenvalue weighted by atomic mass is 16.5. The van der Waals surface area contributed by atoms with Gasteiger partial charge in [-0.15, -0.1) is 0 Å². The zero-order chi connectivity index (χ0) is 10.3. The second-order valence-electron chi connectivity index (χ2n) is 4.78. The molecular formula is C13H17NO. The molecule has 2 heteroatoms. The van der Waals surface area contributed by atoms with E-state index in [1.54, 1.807) is 0 Å². The number of benzene rings is 1. The molecule has 2 aliphatic heterocycles. The second-order valence-corrected chi connectivity index (χ2v) is 4.78. The van der Waals surface area contributed by atoms with E-state index in [0.29, 0.717) is 0 Å². The summed E-state index contributed by atoms with van der Waals surface area (Å²) >= 11 is 0. The van der Waals surface area contributed by atoms with Crippen molar-refractivity contribution >= 4 is 0 Å². The average Bonchev–Trinajstić information content (AvgIpc) is 2.68. The molecule has 1 saturated heterocycles. The molecule has 2 aliphatic rings. The van der Waals surface area contributed by atoms with E-state index in [2.05, 4.69) is 30.4 Å². The molecule has 0 saturated carbocycles. The molecule has 80 valence electrons. The first-order valence-corrected chi connectivity index (χ1v) is 5.77. The molecule has 0 bridgehead atoms. The van der Waals surface area contributed by atoms with Gasteiger partial charge in [-0.3, -0.25) is 0 Å². The molecule has 0 radical (unpaired) electrons. The molecule has 15 heavy (non-hydrogen) atoms. The Hall–Kier alpha value is -1.02. The molecule has 3 rings (SSSR count). The van der Waals surface area contributed by atoms with E-state index in [1.807, 2.05) is 0 Å². The Labute approximate surface area is 90.6 Å². The zero-order valence-electron chi connectivity index (χ0n) is 9.18. The fourth-order valence-electron chi connectivity index (χ4n) is 2.71. The van der Waals surface area contributed by atoms with E-state index in [1.165, 1.54) is 17.5 Å². The molecule has 1 unspecified atom stereocenters. The molecule has 1 atom stereocenters. The molecule has 1 N–H and O–H groups in total. The van der Waals surface area contributed by atoms with Gasteiger partial charge in [0.2, 0.25) is 0 Å². The Bertz CT molecular complexity index is 380. The molecule has 1 fully saturated rings. The monoisotopic (exact) mass is 203 g/mol. The van der Waals surface area contributed by atoms with Gasteiger partial charge in [0.25, 0.3) is 0 Å². The van der Waals surface area contributed by atoms with Gasteiger partial charge < -0.3 is 10.1 Å². The molecule has 1 aromatic rings. The van der Waals surface area contributed by atoms with Crippen LogP contribution in [0.15, 0.2) is 18.2 Å². The van der Waals surface area contributed by atoms with Gasteiger partial charge >= 0.3 is 0 Å². The highest BCUT2D eigenvalue weighted by Crippen LogP contribution is 2.38. The predicted octanol–water partition coefficient (Wildman–Crippen LogP) is 2.05. The first-order chi connectivity index (χ1) is 7.29. The lowest BCUT2D eigenvalue weighted by Crippen LogP contribution is -2.41. The minimum Gasteiger partial charge on any atom is -0.485 e. The maximum Gasteiger partial charge on any atom is 0.126 e. The Morgan fingerprint density at radius 3 is 3.07 bits per heavy atom. The lowest BCUT2D eigenvalue weighted by Gasteiger charge is -2.35. The quantitative estimate of drug-likeness (QED) is 0.697. The van der Waals surface area contributed by atoms with Crippen LogP contribution >= 0.6 is 0 Å². The lowest BCUT2D eigenvalue weighted by molar-refractivity contribution is 0.0656. The van der Waals surface area contributed by atoms with Crippen LogP contribution in [0.25, 0.3) is 0 Å². The molecule has 0 aromatic heterocycles. The number of fused-ring (bicyclic) bond motifs is 1. The van der Waals surface area contributed by atoms with Crippen LogP contribution in [0.2, 0.25) is 0 Å². The summed E-state index contributed by atoms with van der Waals surface area (Å²) in [6.07, 6.45) is 3.48. The maximum atomic E-state index is 6.25. The fraction of sp³-hybridized carbons (Fsp3) is 0.538. The van der Waals surface area contributed by atoms with Crippen LogP contribution in [0.5, 0.6) is 5.75 Å². The van der Waals surface area contributed by atoms with Gasteiger partial charge in [-0.1, -0.05) is 18.2 Å². The van der Waals surface area contributed by atoms with Crippen molar-refractivity contribution in [2.45, 2.75) is 31.8 Å². The number of aryl methyl sites for hydroxylation is 2. The summed E-state index contributed by atoms with van der Waals surface area (Å²) in [5, 5.41) is 3.41. The van der Waals surface area contributed by atoms with Gasteiger partial charge in [-0.05, 0) is 37.4 Å². The highest BCUT2D eigenvalue weighted by Gasteiger charge is 2.39. The number of para-hydroxylation sites is 1. The van der Waals surface area contributed by atoms with E-state index >= 15 is 0 Å². The summed E-state index contributed by atoms with van der Waals surface area (Å²) < 4.78 is 6.25. The predicted molar refractivity (Wildman–Crippen MR) is 60.3 cm³/mol. The maximum absolute atomic E-state index is 6.25. The molecule has 1 spiro atoms. The van der Waals surface area contributed by atoms with E-state index < -0.39 is 0 Å². The summed E-state index contributed by atoms with van der Waals surface area (Å²) in [4.78, 5) is 0. The van der Waals surface area contributed by atoms with Gasteiger partial charge in [-0.2, -0.15) is 0 Å². The summed E-state index contributed by atoms with van der Waals surface area (Å²) in [5.74, 6) is 1.15. The summed E-state index contributed by atoms with van der Waals surface area (Å²) in [5.41, 5.74) is 2.75. The van der Waals surface area contributed by atoms with Crippen molar-refractivity contribution in [1.29, 1.82) is 0 Å². The summed E-state index contributed by atoms with van der Waals surface area (Å²) in [6, 6.07) is 6.46. The van der Waals surface area contributed by atoms with Crippen LogP contribution in [0.1, 0.15) is 24.0 Å². The molecule has 0 amide bonds. The van der Waals surface area contributed by atoms with Gasteiger partial charge in [0, 0.05) is 13.0 Å². The van der Waals surface area contributed by atoms with Crippen LogP contribution in [-0.2, 0) is 6.42 Å².